The number of nitrogens with two attached hydrogens (primary N) is 1. The van der Waals surface area contributed by atoms with Crippen LogP contribution in [0.15, 0.2) is 42.5 Å². The Kier molecular flexibility index (Phi) is 4.25. The highest BCUT2D eigenvalue weighted by Crippen LogP contribution is 2.24. The zero-order valence-corrected chi connectivity index (χ0v) is 11.6. The summed E-state index contributed by atoms with van der Waals surface area (Å²) in [6.07, 6.45) is 0. The van der Waals surface area contributed by atoms with Gasteiger partial charge in [-0.25, -0.2) is 0 Å². The molecule has 0 aromatic heterocycles. The van der Waals surface area contributed by atoms with Crippen LogP contribution < -0.4 is 15.8 Å². The maximum Gasteiger partial charge on any atom is 0.262 e. The Labute approximate surface area is 118 Å². The second-order valence-electron chi connectivity index (χ2n) is 4.69. The standard InChI is InChI=1S/C16H18N2O2/c1-11-6-8-13(9-7-11)18-15(19)10-20-14-5-3-4-12(2)16(14)17/h3-9H,10,17H2,1-2H3,(H,18,19). The average molecular weight is 270 g/mol. The monoisotopic (exact) mass is 270 g/mol. The molecule has 4 heteroatoms. The summed E-state index contributed by atoms with van der Waals surface area (Å²) < 4.78 is 5.44. The summed E-state index contributed by atoms with van der Waals surface area (Å²) in [5, 5.41) is 2.77. The molecule has 0 radical (unpaired) electrons. The number of benzene rings is 2. The lowest BCUT2D eigenvalue weighted by Crippen LogP contribution is -2.20. The van der Waals surface area contributed by atoms with Gasteiger partial charge in [0.15, 0.2) is 6.61 Å². The zero-order chi connectivity index (χ0) is 14.5. The summed E-state index contributed by atoms with van der Waals surface area (Å²) >= 11 is 0. The van der Waals surface area contributed by atoms with Crippen molar-refractivity contribution in [1.29, 1.82) is 0 Å². The Morgan fingerprint density at radius 3 is 2.55 bits per heavy atom. The Hall–Kier alpha value is -2.49. The number of aryl methyl sites for hydroxylation is 2. The minimum absolute atomic E-state index is 0.0679. The second-order valence-corrected chi connectivity index (χ2v) is 4.69. The number of nitrogen functional groups attached to an aromatic ring is 1. The Morgan fingerprint density at radius 1 is 1.15 bits per heavy atom. The smallest absolute Gasteiger partial charge is 0.262 e. The minimum atomic E-state index is -0.213. The highest BCUT2D eigenvalue weighted by molar-refractivity contribution is 5.91. The van der Waals surface area contributed by atoms with Crippen molar-refractivity contribution in [3.05, 3.63) is 53.6 Å². The minimum Gasteiger partial charge on any atom is -0.482 e. The first kappa shape index (κ1) is 13.9. The molecular formula is C16H18N2O2. The molecule has 104 valence electrons. The van der Waals surface area contributed by atoms with Crippen LogP contribution in [-0.4, -0.2) is 12.5 Å². The van der Waals surface area contributed by atoms with Crippen LogP contribution in [0.1, 0.15) is 11.1 Å². The van der Waals surface area contributed by atoms with Crippen LogP contribution in [-0.2, 0) is 4.79 Å². The van der Waals surface area contributed by atoms with E-state index < -0.39 is 0 Å². The van der Waals surface area contributed by atoms with Gasteiger partial charge in [-0.2, -0.15) is 0 Å². The predicted octanol–water partition coefficient (Wildman–Crippen LogP) is 2.90. The first-order chi connectivity index (χ1) is 9.56. The van der Waals surface area contributed by atoms with Crippen molar-refractivity contribution >= 4 is 17.3 Å². The summed E-state index contributed by atoms with van der Waals surface area (Å²) in [6, 6.07) is 13.1. The molecule has 2 rings (SSSR count). The van der Waals surface area contributed by atoms with Crippen LogP contribution in [0.5, 0.6) is 5.75 Å². The molecule has 0 atom stereocenters. The quantitative estimate of drug-likeness (QED) is 0.840. The fourth-order valence-electron chi connectivity index (χ4n) is 1.76. The molecule has 3 N–H and O–H groups in total. The van der Waals surface area contributed by atoms with E-state index in [9.17, 15) is 4.79 Å². The summed E-state index contributed by atoms with van der Waals surface area (Å²) in [6.45, 7) is 3.82. The van der Waals surface area contributed by atoms with E-state index in [0.29, 0.717) is 11.4 Å². The van der Waals surface area contributed by atoms with Crippen molar-refractivity contribution in [3.63, 3.8) is 0 Å². The Balaban J connectivity index is 1.92. The number of carbonyl (C=O) groups is 1. The molecule has 0 aliphatic heterocycles. The van der Waals surface area contributed by atoms with Crippen molar-refractivity contribution in [2.24, 2.45) is 0 Å². The summed E-state index contributed by atoms with van der Waals surface area (Å²) in [5.41, 5.74) is 9.28. The third-order valence-corrected chi connectivity index (χ3v) is 2.98. The van der Waals surface area contributed by atoms with Crippen LogP contribution in [0.3, 0.4) is 0 Å². The molecule has 20 heavy (non-hydrogen) atoms. The highest BCUT2D eigenvalue weighted by atomic mass is 16.5. The lowest BCUT2D eigenvalue weighted by molar-refractivity contribution is -0.118. The lowest BCUT2D eigenvalue weighted by Gasteiger charge is -2.10. The highest BCUT2D eigenvalue weighted by Gasteiger charge is 2.06. The molecule has 0 aliphatic rings. The van der Waals surface area contributed by atoms with Gasteiger partial charge in [-0.05, 0) is 37.6 Å². The van der Waals surface area contributed by atoms with Gasteiger partial charge in [0, 0.05) is 5.69 Å². The van der Waals surface area contributed by atoms with E-state index in [-0.39, 0.29) is 12.5 Å². The van der Waals surface area contributed by atoms with E-state index in [2.05, 4.69) is 5.32 Å². The van der Waals surface area contributed by atoms with Crippen LogP contribution in [0.25, 0.3) is 0 Å². The molecule has 4 nitrogen and oxygen atoms in total. The molecule has 1 amide bonds. The number of amides is 1. The van der Waals surface area contributed by atoms with Crippen LogP contribution >= 0.6 is 0 Å². The van der Waals surface area contributed by atoms with Gasteiger partial charge in [0.1, 0.15) is 5.75 Å². The number of para-hydroxylation sites is 1. The first-order valence-electron chi connectivity index (χ1n) is 6.40. The van der Waals surface area contributed by atoms with Gasteiger partial charge in [-0.3, -0.25) is 4.79 Å². The first-order valence-corrected chi connectivity index (χ1v) is 6.40. The van der Waals surface area contributed by atoms with Gasteiger partial charge in [0.2, 0.25) is 0 Å². The number of rotatable bonds is 4. The van der Waals surface area contributed by atoms with E-state index in [1.807, 2.05) is 50.2 Å². The molecule has 0 spiro atoms. The molecule has 2 aromatic carbocycles. The fourth-order valence-corrected chi connectivity index (χ4v) is 1.76. The maximum absolute atomic E-state index is 11.8. The Morgan fingerprint density at radius 2 is 1.85 bits per heavy atom. The third-order valence-electron chi connectivity index (χ3n) is 2.98. The normalized spacial score (nSPS) is 10.1. The molecule has 0 unspecified atom stereocenters. The topological polar surface area (TPSA) is 64.3 Å². The van der Waals surface area contributed by atoms with E-state index in [0.717, 1.165) is 16.8 Å². The molecule has 0 bridgehead atoms. The number of ether oxygens (including phenoxy) is 1. The van der Waals surface area contributed by atoms with Crippen molar-refractivity contribution in [1.82, 2.24) is 0 Å². The van der Waals surface area contributed by atoms with Gasteiger partial charge >= 0.3 is 0 Å². The van der Waals surface area contributed by atoms with Crippen LogP contribution in [0, 0.1) is 13.8 Å². The molecule has 0 aliphatic carbocycles. The van der Waals surface area contributed by atoms with Gasteiger partial charge in [-0.1, -0.05) is 29.8 Å². The number of carbonyl (C=O) groups excluding carboxylic acids is 1. The van der Waals surface area contributed by atoms with Crippen molar-refractivity contribution in [3.8, 4) is 5.75 Å². The van der Waals surface area contributed by atoms with Crippen molar-refractivity contribution in [2.75, 3.05) is 17.7 Å². The lowest BCUT2D eigenvalue weighted by atomic mass is 10.2. The number of hydrogen-bond acceptors (Lipinski definition) is 3. The van der Waals surface area contributed by atoms with E-state index in [1.54, 1.807) is 6.07 Å². The summed E-state index contributed by atoms with van der Waals surface area (Å²) in [4.78, 5) is 11.8. The van der Waals surface area contributed by atoms with Crippen molar-refractivity contribution in [2.45, 2.75) is 13.8 Å². The molecule has 0 fully saturated rings. The van der Waals surface area contributed by atoms with E-state index in [1.165, 1.54) is 0 Å². The van der Waals surface area contributed by atoms with Gasteiger partial charge in [-0.15, -0.1) is 0 Å². The summed E-state index contributed by atoms with van der Waals surface area (Å²) in [7, 11) is 0. The summed E-state index contributed by atoms with van der Waals surface area (Å²) in [5.74, 6) is 0.318. The second kappa shape index (κ2) is 6.10. The predicted molar refractivity (Wildman–Crippen MR) is 80.9 cm³/mol. The zero-order valence-electron chi connectivity index (χ0n) is 11.6. The molecule has 2 aromatic rings. The molecule has 0 saturated heterocycles. The number of anilines is 2. The average Bonchev–Trinajstić information content (AvgIpc) is 2.43. The SMILES string of the molecule is Cc1ccc(NC(=O)COc2cccc(C)c2N)cc1. The molecular weight excluding hydrogens is 252 g/mol. The fraction of sp³-hybridized carbons (Fsp3) is 0.188. The van der Waals surface area contributed by atoms with Crippen molar-refractivity contribution < 1.29 is 9.53 Å². The molecule has 0 saturated carbocycles. The molecule has 0 heterocycles. The van der Waals surface area contributed by atoms with E-state index >= 15 is 0 Å². The van der Waals surface area contributed by atoms with Crippen LogP contribution in [0.4, 0.5) is 11.4 Å². The third kappa shape index (κ3) is 3.51. The van der Waals surface area contributed by atoms with Gasteiger partial charge in [0.25, 0.3) is 5.91 Å². The largest absolute Gasteiger partial charge is 0.482 e. The number of nitrogens with one attached hydrogen (secondary N) is 1. The van der Waals surface area contributed by atoms with E-state index in [4.69, 9.17) is 10.5 Å². The number of hydrogen-bond donors (Lipinski definition) is 2. The Bertz CT molecular complexity index is 606. The van der Waals surface area contributed by atoms with Gasteiger partial charge in [0.05, 0.1) is 5.69 Å². The van der Waals surface area contributed by atoms with Crippen LogP contribution in [0.2, 0.25) is 0 Å². The van der Waals surface area contributed by atoms with Gasteiger partial charge < -0.3 is 15.8 Å². The maximum atomic E-state index is 11.8.